The SMILES string of the molecule is OC[C@H]1CCCCN1CCSc1ccc(F)cc1. The monoisotopic (exact) mass is 269 g/mol. The largest absolute Gasteiger partial charge is 0.395 e. The Hall–Kier alpha value is -0.580. The number of aliphatic hydroxyl groups excluding tert-OH is 1. The number of benzene rings is 1. The molecule has 1 aromatic carbocycles. The number of aliphatic hydroxyl groups is 1. The van der Waals surface area contributed by atoms with E-state index >= 15 is 0 Å². The van der Waals surface area contributed by atoms with Gasteiger partial charge in [-0.25, -0.2) is 4.39 Å². The number of piperidine rings is 1. The second kappa shape index (κ2) is 7.12. The summed E-state index contributed by atoms with van der Waals surface area (Å²) in [6.07, 6.45) is 3.57. The van der Waals surface area contributed by atoms with Crippen molar-refractivity contribution in [3.8, 4) is 0 Å². The van der Waals surface area contributed by atoms with Crippen LogP contribution in [0, 0.1) is 5.82 Å². The van der Waals surface area contributed by atoms with E-state index in [1.54, 1.807) is 11.8 Å². The zero-order valence-electron chi connectivity index (χ0n) is 10.5. The molecule has 1 atom stereocenters. The average molecular weight is 269 g/mol. The molecule has 0 saturated carbocycles. The van der Waals surface area contributed by atoms with Gasteiger partial charge in [0.25, 0.3) is 0 Å². The molecule has 1 N–H and O–H groups in total. The fourth-order valence-corrected chi connectivity index (χ4v) is 3.26. The topological polar surface area (TPSA) is 23.5 Å². The highest BCUT2D eigenvalue weighted by Gasteiger charge is 2.20. The van der Waals surface area contributed by atoms with Crippen molar-refractivity contribution >= 4 is 11.8 Å². The molecule has 1 aliphatic rings. The zero-order valence-corrected chi connectivity index (χ0v) is 11.3. The van der Waals surface area contributed by atoms with Crippen LogP contribution in [0.3, 0.4) is 0 Å². The number of hydrogen-bond donors (Lipinski definition) is 1. The van der Waals surface area contributed by atoms with E-state index in [2.05, 4.69) is 4.90 Å². The highest BCUT2D eigenvalue weighted by Crippen LogP contribution is 2.21. The molecule has 0 amide bonds. The van der Waals surface area contributed by atoms with Gasteiger partial charge in [0, 0.05) is 23.2 Å². The minimum atomic E-state index is -0.185. The van der Waals surface area contributed by atoms with Crippen molar-refractivity contribution in [1.29, 1.82) is 0 Å². The van der Waals surface area contributed by atoms with E-state index in [4.69, 9.17) is 0 Å². The normalized spacial score (nSPS) is 21.1. The van der Waals surface area contributed by atoms with E-state index in [1.807, 2.05) is 12.1 Å². The van der Waals surface area contributed by atoms with E-state index in [1.165, 1.54) is 25.0 Å². The summed E-state index contributed by atoms with van der Waals surface area (Å²) in [5, 5.41) is 9.32. The number of thioether (sulfide) groups is 1. The van der Waals surface area contributed by atoms with E-state index in [0.717, 1.165) is 30.2 Å². The highest BCUT2D eigenvalue weighted by atomic mass is 32.2. The number of likely N-dealkylation sites (tertiary alicyclic amines) is 1. The van der Waals surface area contributed by atoms with Gasteiger partial charge in [-0.3, -0.25) is 4.90 Å². The number of halogens is 1. The fraction of sp³-hybridized carbons (Fsp3) is 0.571. The first-order valence-electron chi connectivity index (χ1n) is 6.53. The van der Waals surface area contributed by atoms with Crippen LogP contribution in [0.5, 0.6) is 0 Å². The molecule has 18 heavy (non-hydrogen) atoms. The summed E-state index contributed by atoms with van der Waals surface area (Å²) in [6, 6.07) is 6.98. The van der Waals surface area contributed by atoms with Gasteiger partial charge in [0.05, 0.1) is 6.61 Å². The van der Waals surface area contributed by atoms with Gasteiger partial charge in [-0.15, -0.1) is 11.8 Å². The third-order valence-corrected chi connectivity index (χ3v) is 4.41. The summed E-state index contributed by atoms with van der Waals surface area (Å²) in [6.45, 7) is 2.35. The van der Waals surface area contributed by atoms with E-state index in [9.17, 15) is 9.50 Å². The lowest BCUT2D eigenvalue weighted by Gasteiger charge is -2.34. The predicted octanol–water partition coefficient (Wildman–Crippen LogP) is 2.76. The first-order valence-corrected chi connectivity index (χ1v) is 7.51. The number of nitrogens with zero attached hydrogens (tertiary/aromatic N) is 1. The van der Waals surface area contributed by atoms with Crippen molar-refractivity contribution in [3.63, 3.8) is 0 Å². The molecule has 1 fully saturated rings. The summed E-state index contributed by atoms with van der Waals surface area (Å²) in [4.78, 5) is 3.48. The molecule has 0 unspecified atom stereocenters. The van der Waals surface area contributed by atoms with E-state index < -0.39 is 0 Å². The Morgan fingerprint density at radius 3 is 2.78 bits per heavy atom. The highest BCUT2D eigenvalue weighted by molar-refractivity contribution is 7.99. The Balaban J connectivity index is 1.75. The Kier molecular flexibility index (Phi) is 5.47. The summed E-state index contributed by atoms with van der Waals surface area (Å²) < 4.78 is 12.8. The Bertz CT molecular complexity index is 357. The maximum Gasteiger partial charge on any atom is 0.123 e. The van der Waals surface area contributed by atoms with Crippen molar-refractivity contribution in [2.45, 2.75) is 30.2 Å². The molecule has 1 aliphatic heterocycles. The predicted molar refractivity (Wildman–Crippen MR) is 73.4 cm³/mol. The van der Waals surface area contributed by atoms with E-state index in [0.29, 0.717) is 6.04 Å². The molecule has 2 nitrogen and oxygen atoms in total. The number of hydrogen-bond acceptors (Lipinski definition) is 3. The van der Waals surface area contributed by atoms with Crippen molar-refractivity contribution < 1.29 is 9.50 Å². The lowest BCUT2D eigenvalue weighted by atomic mass is 10.0. The first-order chi connectivity index (χ1) is 8.79. The maximum absolute atomic E-state index is 12.8. The molecular weight excluding hydrogens is 249 g/mol. The summed E-state index contributed by atoms with van der Waals surface area (Å²) in [5.74, 6) is 0.804. The molecule has 0 radical (unpaired) electrons. The second-order valence-corrected chi connectivity index (χ2v) is 5.84. The molecule has 0 aromatic heterocycles. The molecule has 1 saturated heterocycles. The van der Waals surface area contributed by atoms with Crippen molar-refractivity contribution in [2.24, 2.45) is 0 Å². The van der Waals surface area contributed by atoms with Crippen molar-refractivity contribution in [1.82, 2.24) is 4.90 Å². The van der Waals surface area contributed by atoms with Crippen LogP contribution in [-0.2, 0) is 0 Å². The summed E-state index contributed by atoms with van der Waals surface area (Å²) in [7, 11) is 0. The molecule has 0 bridgehead atoms. The first kappa shape index (κ1) is 13.8. The van der Waals surface area contributed by atoms with Gasteiger partial charge in [0.2, 0.25) is 0 Å². The van der Waals surface area contributed by atoms with Gasteiger partial charge >= 0.3 is 0 Å². The zero-order chi connectivity index (χ0) is 12.8. The standard InChI is InChI=1S/C14H20FNOS/c15-12-4-6-14(7-5-12)18-10-9-16-8-2-1-3-13(16)11-17/h4-7,13,17H,1-3,8-11H2/t13-/m1/s1. The molecule has 1 heterocycles. The third kappa shape index (κ3) is 3.97. The van der Waals surface area contributed by atoms with Crippen LogP contribution in [0.25, 0.3) is 0 Å². The quantitative estimate of drug-likeness (QED) is 0.832. The maximum atomic E-state index is 12.8. The van der Waals surface area contributed by atoms with E-state index in [-0.39, 0.29) is 12.4 Å². The summed E-state index contributed by atoms with van der Waals surface area (Å²) in [5.41, 5.74) is 0. The average Bonchev–Trinajstić information content (AvgIpc) is 2.41. The molecule has 1 aromatic rings. The van der Waals surface area contributed by atoms with Gasteiger partial charge in [-0.05, 0) is 43.7 Å². The minimum Gasteiger partial charge on any atom is -0.395 e. The van der Waals surface area contributed by atoms with Crippen LogP contribution in [0.2, 0.25) is 0 Å². The van der Waals surface area contributed by atoms with Crippen LogP contribution in [0.15, 0.2) is 29.2 Å². The van der Waals surface area contributed by atoms with Gasteiger partial charge in [0.15, 0.2) is 0 Å². The van der Waals surface area contributed by atoms with Crippen LogP contribution in [0.1, 0.15) is 19.3 Å². The molecule has 0 aliphatic carbocycles. The molecule has 2 rings (SSSR count). The second-order valence-electron chi connectivity index (χ2n) is 4.67. The van der Waals surface area contributed by atoms with Crippen LogP contribution < -0.4 is 0 Å². The Morgan fingerprint density at radius 1 is 1.28 bits per heavy atom. The van der Waals surface area contributed by atoms with Gasteiger partial charge in [-0.1, -0.05) is 6.42 Å². The third-order valence-electron chi connectivity index (χ3n) is 3.42. The molecule has 0 spiro atoms. The minimum absolute atomic E-state index is 0.185. The van der Waals surface area contributed by atoms with Crippen LogP contribution >= 0.6 is 11.8 Å². The summed E-state index contributed by atoms with van der Waals surface area (Å²) >= 11 is 1.75. The lowest BCUT2D eigenvalue weighted by Crippen LogP contribution is -2.42. The van der Waals surface area contributed by atoms with Crippen LogP contribution in [0.4, 0.5) is 4.39 Å². The molecule has 100 valence electrons. The fourth-order valence-electron chi connectivity index (χ4n) is 2.37. The van der Waals surface area contributed by atoms with Crippen molar-refractivity contribution in [3.05, 3.63) is 30.1 Å². The van der Waals surface area contributed by atoms with Crippen molar-refractivity contribution in [2.75, 3.05) is 25.4 Å². The Morgan fingerprint density at radius 2 is 2.06 bits per heavy atom. The molecule has 4 heteroatoms. The smallest absolute Gasteiger partial charge is 0.123 e. The van der Waals surface area contributed by atoms with Gasteiger partial charge < -0.3 is 5.11 Å². The van der Waals surface area contributed by atoms with Gasteiger partial charge in [-0.2, -0.15) is 0 Å². The lowest BCUT2D eigenvalue weighted by molar-refractivity contribution is 0.0962. The molecular formula is C14H20FNOS. The van der Waals surface area contributed by atoms with Crippen LogP contribution in [-0.4, -0.2) is 41.5 Å². The van der Waals surface area contributed by atoms with Gasteiger partial charge in [0.1, 0.15) is 5.82 Å². The number of rotatable bonds is 5. The Labute approximate surface area is 112 Å².